The Morgan fingerprint density at radius 3 is 2.22 bits per heavy atom. The molecule has 1 aromatic carbocycles. The van der Waals surface area contributed by atoms with E-state index in [1.807, 2.05) is 18.2 Å². The summed E-state index contributed by atoms with van der Waals surface area (Å²) in [4.78, 5) is 0. The maximum Gasteiger partial charge on any atom is 0.0991 e. The van der Waals surface area contributed by atoms with Gasteiger partial charge in [-0.05, 0) is 55.2 Å². The SMILES string of the molecule is N#C/C=C/[C@H]1CC[C@H](c2ccc(C#N)cc2)CC1. The van der Waals surface area contributed by atoms with Crippen LogP contribution in [0.15, 0.2) is 36.4 Å². The van der Waals surface area contributed by atoms with E-state index in [0.29, 0.717) is 11.8 Å². The highest BCUT2D eigenvalue weighted by Crippen LogP contribution is 2.36. The Balaban J connectivity index is 1.95. The second-order valence-electron chi connectivity index (χ2n) is 4.83. The van der Waals surface area contributed by atoms with Gasteiger partial charge in [0.25, 0.3) is 0 Å². The number of nitrogens with zero attached hydrogens (tertiary/aromatic N) is 2. The Kier molecular flexibility index (Phi) is 4.15. The van der Waals surface area contributed by atoms with E-state index >= 15 is 0 Å². The van der Waals surface area contributed by atoms with Crippen LogP contribution in [0.2, 0.25) is 0 Å². The fourth-order valence-electron chi connectivity index (χ4n) is 2.65. The summed E-state index contributed by atoms with van der Waals surface area (Å²) in [6, 6.07) is 12.2. The van der Waals surface area contributed by atoms with Crippen LogP contribution in [-0.4, -0.2) is 0 Å². The molecule has 0 bridgehead atoms. The summed E-state index contributed by atoms with van der Waals surface area (Å²) < 4.78 is 0. The number of rotatable bonds is 2. The average molecular weight is 236 g/mol. The molecule has 0 saturated heterocycles. The van der Waals surface area contributed by atoms with Gasteiger partial charge in [-0.2, -0.15) is 10.5 Å². The van der Waals surface area contributed by atoms with Crippen LogP contribution >= 0.6 is 0 Å². The summed E-state index contributed by atoms with van der Waals surface area (Å²) in [7, 11) is 0. The van der Waals surface area contributed by atoms with Gasteiger partial charge in [0.05, 0.1) is 17.7 Å². The quantitative estimate of drug-likeness (QED) is 0.731. The summed E-state index contributed by atoms with van der Waals surface area (Å²) in [5, 5.41) is 17.3. The first-order valence-electron chi connectivity index (χ1n) is 6.40. The fourth-order valence-corrected chi connectivity index (χ4v) is 2.65. The second-order valence-corrected chi connectivity index (χ2v) is 4.83. The molecule has 0 aliphatic heterocycles. The Labute approximate surface area is 108 Å². The summed E-state index contributed by atoms with van der Waals surface area (Å²) in [5.41, 5.74) is 2.07. The molecule has 90 valence electrons. The first kappa shape index (κ1) is 12.4. The minimum atomic E-state index is 0.569. The largest absolute Gasteiger partial charge is 0.193 e. The van der Waals surface area contributed by atoms with Crippen LogP contribution in [0, 0.1) is 28.6 Å². The molecule has 1 aliphatic carbocycles. The standard InChI is InChI=1S/C16H16N2/c17-11-1-2-13-3-7-15(8-4-13)16-9-5-14(12-18)6-10-16/h1-2,5-6,9-10,13,15H,3-4,7-8H2/b2-1+/t13-,15-. The lowest BCUT2D eigenvalue weighted by Crippen LogP contribution is -2.11. The molecule has 0 aromatic heterocycles. The van der Waals surface area contributed by atoms with E-state index in [1.54, 1.807) is 6.08 Å². The second kappa shape index (κ2) is 6.03. The van der Waals surface area contributed by atoms with Crippen LogP contribution in [-0.2, 0) is 0 Å². The summed E-state index contributed by atoms with van der Waals surface area (Å²) in [5.74, 6) is 1.18. The topological polar surface area (TPSA) is 47.6 Å². The molecule has 0 heterocycles. The molecule has 2 nitrogen and oxygen atoms in total. The highest BCUT2D eigenvalue weighted by molar-refractivity contribution is 5.33. The number of benzene rings is 1. The van der Waals surface area contributed by atoms with E-state index in [1.165, 1.54) is 18.4 Å². The smallest absolute Gasteiger partial charge is 0.0991 e. The summed E-state index contributed by atoms with van der Waals surface area (Å²) >= 11 is 0. The molecule has 0 unspecified atom stereocenters. The maximum absolute atomic E-state index is 8.77. The van der Waals surface area contributed by atoms with Crippen molar-refractivity contribution in [1.29, 1.82) is 10.5 Å². The van der Waals surface area contributed by atoms with Crippen molar-refractivity contribution >= 4 is 0 Å². The van der Waals surface area contributed by atoms with Crippen molar-refractivity contribution in [3.05, 3.63) is 47.5 Å². The Morgan fingerprint density at radius 2 is 1.67 bits per heavy atom. The van der Waals surface area contributed by atoms with Gasteiger partial charge in [0.2, 0.25) is 0 Å². The molecular weight excluding hydrogens is 220 g/mol. The van der Waals surface area contributed by atoms with Crippen molar-refractivity contribution in [3.8, 4) is 12.1 Å². The molecule has 1 aliphatic rings. The van der Waals surface area contributed by atoms with E-state index in [0.717, 1.165) is 18.4 Å². The molecule has 1 saturated carbocycles. The number of allylic oxidation sites excluding steroid dienone is 2. The first-order chi connectivity index (χ1) is 8.83. The predicted molar refractivity (Wildman–Crippen MR) is 70.6 cm³/mol. The van der Waals surface area contributed by atoms with Gasteiger partial charge in [0.15, 0.2) is 0 Å². The van der Waals surface area contributed by atoms with Crippen LogP contribution < -0.4 is 0 Å². The van der Waals surface area contributed by atoms with Gasteiger partial charge in [0, 0.05) is 6.08 Å². The van der Waals surface area contributed by atoms with Crippen molar-refractivity contribution in [3.63, 3.8) is 0 Å². The van der Waals surface area contributed by atoms with Crippen LogP contribution in [0.1, 0.15) is 42.7 Å². The lowest BCUT2D eigenvalue weighted by molar-refractivity contribution is 0.376. The zero-order chi connectivity index (χ0) is 12.8. The molecule has 2 heteroatoms. The molecule has 0 N–H and O–H groups in total. The molecule has 0 atom stereocenters. The fraction of sp³-hybridized carbons (Fsp3) is 0.375. The van der Waals surface area contributed by atoms with Gasteiger partial charge in [0.1, 0.15) is 0 Å². The third kappa shape index (κ3) is 2.99. The third-order valence-corrected chi connectivity index (χ3v) is 3.73. The number of nitriles is 2. The zero-order valence-corrected chi connectivity index (χ0v) is 10.3. The molecule has 0 radical (unpaired) electrons. The van der Waals surface area contributed by atoms with Crippen LogP contribution in [0.5, 0.6) is 0 Å². The summed E-state index contributed by atoms with van der Waals surface area (Å²) in [6.07, 6.45) is 8.30. The van der Waals surface area contributed by atoms with E-state index < -0.39 is 0 Å². The number of hydrogen-bond acceptors (Lipinski definition) is 2. The van der Waals surface area contributed by atoms with Crippen LogP contribution in [0.25, 0.3) is 0 Å². The van der Waals surface area contributed by atoms with Crippen molar-refractivity contribution in [2.75, 3.05) is 0 Å². The number of hydrogen-bond donors (Lipinski definition) is 0. The first-order valence-corrected chi connectivity index (χ1v) is 6.40. The van der Waals surface area contributed by atoms with E-state index in [4.69, 9.17) is 10.5 Å². The third-order valence-electron chi connectivity index (χ3n) is 3.73. The van der Waals surface area contributed by atoms with Gasteiger partial charge >= 0.3 is 0 Å². The normalized spacial score (nSPS) is 23.4. The Bertz CT molecular complexity index is 491. The Morgan fingerprint density at radius 1 is 1.00 bits per heavy atom. The van der Waals surface area contributed by atoms with Crippen molar-refractivity contribution in [1.82, 2.24) is 0 Å². The maximum atomic E-state index is 8.77. The van der Waals surface area contributed by atoms with E-state index in [-0.39, 0.29) is 0 Å². The minimum absolute atomic E-state index is 0.569. The van der Waals surface area contributed by atoms with Crippen molar-refractivity contribution in [2.24, 2.45) is 5.92 Å². The van der Waals surface area contributed by atoms with E-state index in [2.05, 4.69) is 24.3 Å². The van der Waals surface area contributed by atoms with Gasteiger partial charge in [-0.15, -0.1) is 0 Å². The zero-order valence-electron chi connectivity index (χ0n) is 10.3. The molecule has 0 amide bonds. The summed E-state index contributed by atoms with van der Waals surface area (Å²) in [6.45, 7) is 0. The molecule has 18 heavy (non-hydrogen) atoms. The Hall–Kier alpha value is -2.06. The molecular formula is C16H16N2. The minimum Gasteiger partial charge on any atom is -0.193 e. The molecule has 2 rings (SSSR count). The van der Waals surface area contributed by atoms with Crippen molar-refractivity contribution < 1.29 is 0 Å². The van der Waals surface area contributed by atoms with Crippen LogP contribution in [0.4, 0.5) is 0 Å². The highest BCUT2D eigenvalue weighted by atomic mass is 14.3. The van der Waals surface area contributed by atoms with Gasteiger partial charge in [-0.25, -0.2) is 0 Å². The van der Waals surface area contributed by atoms with Crippen molar-refractivity contribution in [2.45, 2.75) is 31.6 Å². The molecule has 0 spiro atoms. The lowest BCUT2D eigenvalue weighted by Gasteiger charge is -2.26. The van der Waals surface area contributed by atoms with Gasteiger partial charge in [-0.1, -0.05) is 18.2 Å². The molecule has 1 fully saturated rings. The molecule has 1 aromatic rings. The average Bonchev–Trinajstić information content (AvgIpc) is 2.46. The van der Waals surface area contributed by atoms with E-state index in [9.17, 15) is 0 Å². The van der Waals surface area contributed by atoms with Crippen LogP contribution in [0.3, 0.4) is 0 Å². The van der Waals surface area contributed by atoms with Gasteiger partial charge in [-0.3, -0.25) is 0 Å². The monoisotopic (exact) mass is 236 g/mol. The predicted octanol–water partition coefficient (Wildman–Crippen LogP) is 3.91. The van der Waals surface area contributed by atoms with Gasteiger partial charge < -0.3 is 0 Å². The lowest BCUT2D eigenvalue weighted by atomic mass is 9.78. The highest BCUT2D eigenvalue weighted by Gasteiger charge is 2.20.